The minimum absolute atomic E-state index is 0.190. The van der Waals surface area contributed by atoms with Gasteiger partial charge in [-0.05, 0) is 44.4 Å². The van der Waals surface area contributed by atoms with Crippen LogP contribution < -0.4 is 5.32 Å². The van der Waals surface area contributed by atoms with E-state index in [9.17, 15) is 9.90 Å². The van der Waals surface area contributed by atoms with E-state index in [0.717, 1.165) is 37.1 Å². The van der Waals surface area contributed by atoms with Crippen LogP contribution in [0, 0.1) is 16.7 Å². The van der Waals surface area contributed by atoms with Gasteiger partial charge in [0.1, 0.15) is 5.41 Å². The number of nitrogens with zero attached hydrogens (tertiary/aromatic N) is 2. The Morgan fingerprint density at radius 1 is 1.43 bits per heavy atom. The molecule has 0 radical (unpaired) electrons. The molecule has 1 heterocycles. The molecule has 124 valence electrons. The van der Waals surface area contributed by atoms with Gasteiger partial charge >= 0.3 is 0 Å². The van der Waals surface area contributed by atoms with Gasteiger partial charge in [-0.15, -0.1) is 0 Å². The van der Waals surface area contributed by atoms with Crippen molar-refractivity contribution >= 4 is 5.91 Å². The van der Waals surface area contributed by atoms with Gasteiger partial charge in [0.05, 0.1) is 12.7 Å². The number of carbonyl (C=O) groups is 1. The second-order valence-electron chi connectivity index (χ2n) is 6.64. The lowest BCUT2D eigenvalue weighted by atomic mass is 9.94. The molecule has 23 heavy (non-hydrogen) atoms. The average Bonchev–Trinajstić information content (AvgIpc) is 3.00. The highest BCUT2D eigenvalue weighted by Crippen LogP contribution is 2.21. The van der Waals surface area contributed by atoms with Gasteiger partial charge in [0, 0.05) is 19.1 Å². The summed E-state index contributed by atoms with van der Waals surface area (Å²) in [7, 11) is 0. The summed E-state index contributed by atoms with van der Waals surface area (Å²) in [4.78, 5) is 14.3. The number of carbonyl (C=O) groups excluding carboxylic acids is 1. The third-order valence-electron chi connectivity index (χ3n) is 4.49. The fourth-order valence-corrected chi connectivity index (χ4v) is 2.86. The molecule has 5 nitrogen and oxygen atoms in total. The van der Waals surface area contributed by atoms with E-state index in [1.165, 1.54) is 0 Å². The van der Waals surface area contributed by atoms with Crippen molar-refractivity contribution in [1.82, 2.24) is 10.2 Å². The van der Waals surface area contributed by atoms with Crippen molar-refractivity contribution in [3.8, 4) is 6.07 Å². The maximum absolute atomic E-state index is 12.0. The smallest absolute Gasteiger partial charge is 0.240 e. The second-order valence-corrected chi connectivity index (χ2v) is 6.64. The van der Waals surface area contributed by atoms with E-state index in [4.69, 9.17) is 5.26 Å². The predicted molar refractivity (Wildman–Crippen MR) is 88.2 cm³/mol. The zero-order chi connectivity index (χ0) is 16.9. The number of nitriles is 1. The zero-order valence-electron chi connectivity index (χ0n) is 13.9. The van der Waals surface area contributed by atoms with Gasteiger partial charge in [0.25, 0.3) is 0 Å². The molecule has 1 aliphatic rings. The van der Waals surface area contributed by atoms with Gasteiger partial charge in [0.2, 0.25) is 5.91 Å². The molecule has 0 bridgehead atoms. The molecule has 5 heteroatoms. The Morgan fingerprint density at radius 3 is 2.78 bits per heavy atom. The molecule has 1 aromatic rings. The number of hydrogen-bond donors (Lipinski definition) is 2. The quantitative estimate of drug-likeness (QED) is 0.839. The van der Waals surface area contributed by atoms with Crippen LogP contribution in [0.1, 0.15) is 37.8 Å². The van der Waals surface area contributed by atoms with Gasteiger partial charge < -0.3 is 10.4 Å². The first-order valence-electron chi connectivity index (χ1n) is 8.09. The van der Waals surface area contributed by atoms with E-state index >= 15 is 0 Å². The molecule has 1 aliphatic heterocycles. The fraction of sp³-hybridized carbons (Fsp3) is 0.556. The van der Waals surface area contributed by atoms with Crippen molar-refractivity contribution in [2.75, 3.05) is 13.2 Å². The SMILES string of the molecule is CC(C)(C#N)C(=O)NCc1ccccc1CN1CCCC1CO. The number of likely N-dealkylation sites (tertiary alicyclic amines) is 1. The maximum Gasteiger partial charge on any atom is 0.240 e. The summed E-state index contributed by atoms with van der Waals surface area (Å²) in [6.07, 6.45) is 2.15. The first-order chi connectivity index (χ1) is 11.0. The topological polar surface area (TPSA) is 76.4 Å². The zero-order valence-corrected chi connectivity index (χ0v) is 13.9. The number of rotatable bonds is 6. The van der Waals surface area contributed by atoms with Crippen LogP contribution in [0.2, 0.25) is 0 Å². The van der Waals surface area contributed by atoms with Gasteiger partial charge in [0.15, 0.2) is 0 Å². The normalized spacial score (nSPS) is 18.6. The predicted octanol–water partition coefficient (Wildman–Crippen LogP) is 1.81. The highest BCUT2D eigenvalue weighted by molar-refractivity contribution is 5.84. The number of nitrogens with one attached hydrogen (secondary N) is 1. The Balaban J connectivity index is 2.03. The Bertz CT molecular complexity index is 592. The average molecular weight is 315 g/mol. The van der Waals surface area contributed by atoms with Gasteiger partial charge in [-0.2, -0.15) is 5.26 Å². The number of aliphatic hydroxyl groups is 1. The maximum atomic E-state index is 12.0. The van der Waals surface area contributed by atoms with Crippen LogP contribution >= 0.6 is 0 Å². The van der Waals surface area contributed by atoms with Gasteiger partial charge in [-0.25, -0.2) is 0 Å². The van der Waals surface area contributed by atoms with Crippen molar-refractivity contribution in [3.63, 3.8) is 0 Å². The van der Waals surface area contributed by atoms with Gasteiger partial charge in [-0.1, -0.05) is 24.3 Å². The molecule has 1 fully saturated rings. The van der Waals surface area contributed by atoms with Crippen molar-refractivity contribution in [2.24, 2.45) is 5.41 Å². The van der Waals surface area contributed by atoms with E-state index in [2.05, 4.69) is 16.3 Å². The summed E-state index contributed by atoms with van der Waals surface area (Å²) in [6.45, 7) is 5.61. The van der Waals surface area contributed by atoms with Crippen molar-refractivity contribution in [2.45, 2.75) is 45.8 Å². The Kier molecular flexibility index (Phi) is 5.75. The first kappa shape index (κ1) is 17.5. The van der Waals surface area contributed by atoms with Crippen LogP contribution in [0.15, 0.2) is 24.3 Å². The molecule has 1 saturated heterocycles. The van der Waals surface area contributed by atoms with Crippen LogP contribution in [0.5, 0.6) is 0 Å². The molecule has 1 amide bonds. The lowest BCUT2D eigenvalue weighted by Crippen LogP contribution is -2.36. The number of benzene rings is 1. The number of aliphatic hydroxyl groups excluding tert-OH is 1. The van der Waals surface area contributed by atoms with Crippen LogP contribution in [-0.2, 0) is 17.9 Å². The Labute approximate surface area is 137 Å². The van der Waals surface area contributed by atoms with Gasteiger partial charge in [-0.3, -0.25) is 9.69 Å². The monoisotopic (exact) mass is 315 g/mol. The van der Waals surface area contributed by atoms with Crippen LogP contribution in [-0.4, -0.2) is 35.1 Å². The number of amides is 1. The largest absolute Gasteiger partial charge is 0.395 e. The summed E-state index contributed by atoms with van der Waals surface area (Å²) in [5.74, 6) is -0.260. The fourth-order valence-electron chi connectivity index (χ4n) is 2.86. The van der Waals surface area contributed by atoms with E-state index < -0.39 is 5.41 Å². The lowest BCUT2D eigenvalue weighted by molar-refractivity contribution is -0.126. The third-order valence-corrected chi connectivity index (χ3v) is 4.49. The Hall–Kier alpha value is -1.90. The third kappa shape index (κ3) is 4.31. The molecular formula is C18H25N3O2. The lowest BCUT2D eigenvalue weighted by Gasteiger charge is -2.24. The molecule has 0 aliphatic carbocycles. The minimum Gasteiger partial charge on any atom is -0.395 e. The van der Waals surface area contributed by atoms with E-state index in [1.54, 1.807) is 13.8 Å². The summed E-state index contributed by atoms with van der Waals surface area (Å²) in [6, 6.07) is 10.2. The molecule has 2 N–H and O–H groups in total. The highest BCUT2D eigenvalue weighted by Gasteiger charge is 2.27. The molecule has 0 aromatic heterocycles. The molecule has 0 spiro atoms. The van der Waals surface area contributed by atoms with Crippen molar-refractivity contribution in [3.05, 3.63) is 35.4 Å². The molecule has 2 rings (SSSR count). The first-order valence-corrected chi connectivity index (χ1v) is 8.09. The molecular weight excluding hydrogens is 290 g/mol. The summed E-state index contributed by atoms with van der Waals surface area (Å²) in [5.41, 5.74) is 1.19. The molecule has 1 aromatic carbocycles. The van der Waals surface area contributed by atoms with E-state index in [1.807, 2.05) is 24.3 Å². The molecule has 1 unspecified atom stereocenters. The van der Waals surface area contributed by atoms with Crippen molar-refractivity contribution in [1.29, 1.82) is 5.26 Å². The molecule has 0 saturated carbocycles. The Morgan fingerprint density at radius 2 is 2.13 bits per heavy atom. The van der Waals surface area contributed by atoms with Crippen LogP contribution in [0.4, 0.5) is 0 Å². The summed E-state index contributed by atoms with van der Waals surface area (Å²) < 4.78 is 0. The number of hydrogen-bond acceptors (Lipinski definition) is 4. The minimum atomic E-state index is -1.02. The highest BCUT2D eigenvalue weighted by atomic mass is 16.3. The standard InChI is InChI=1S/C18H25N3O2/c1-18(2,13-19)17(23)20-10-14-6-3-4-7-15(14)11-21-9-5-8-16(21)12-22/h3-4,6-7,16,22H,5,8-12H2,1-2H3,(H,20,23). The summed E-state index contributed by atoms with van der Waals surface area (Å²) in [5, 5.41) is 21.3. The van der Waals surface area contributed by atoms with Crippen molar-refractivity contribution < 1.29 is 9.90 Å². The molecule has 1 atom stereocenters. The van der Waals surface area contributed by atoms with Crippen LogP contribution in [0.25, 0.3) is 0 Å². The van der Waals surface area contributed by atoms with Crippen LogP contribution in [0.3, 0.4) is 0 Å². The van der Waals surface area contributed by atoms with E-state index in [-0.39, 0.29) is 18.6 Å². The second kappa shape index (κ2) is 7.58. The van der Waals surface area contributed by atoms with E-state index in [0.29, 0.717) is 6.54 Å². The summed E-state index contributed by atoms with van der Waals surface area (Å²) >= 11 is 0.